The number of fused-ring (bicyclic) bond motifs is 2. The maximum absolute atomic E-state index is 13.6. The third kappa shape index (κ3) is 5.70. The quantitative estimate of drug-likeness (QED) is 0.527. The van der Waals surface area contributed by atoms with Crippen molar-refractivity contribution in [3.63, 3.8) is 0 Å². The van der Waals surface area contributed by atoms with Crippen molar-refractivity contribution in [2.75, 3.05) is 57.7 Å². The van der Waals surface area contributed by atoms with Crippen molar-refractivity contribution in [3.8, 4) is 11.5 Å². The first kappa shape index (κ1) is 28.1. The molecular weight excluding hydrogens is 525 g/mol. The zero-order valence-electron chi connectivity index (χ0n) is 22.9. The van der Waals surface area contributed by atoms with E-state index in [1.165, 1.54) is 13.2 Å². The summed E-state index contributed by atoms with van der Waals surface area (Å²) in [5, 5.41) is 5.90. The number of hydrogen-bond donors (Lipinski definition) is 2. The number of alkyl halides is 3. The number of likely N-dealkylation sites (N-methyl/N-ethyl adjacent to an activating group) is 1. The SMILES string of the molecule is COc1cc(C(=O)N[C@H]2[C@H]3CC[C@@H](C3)[C@H]2C(=O)Nc2ccc(N3CCN(C)CC3)cc2OC)cc(C(F)(F)F)c1. The van der Waals surface area contributed by atoms with Crippen LogP contribution >= 0.6 is 0 Å². The van der Waals surface area contributed by atoms with Crippen molar-refractivity contribution in [3.05, 3.63) is 47.5 Å². The van der Waals surface area contributed by atoms with E-state index in [-0.39, 0.29) is 29.1 Å². The predicted octanol–water partition coefficient (Wildman–Crippen LogP) is 4.26. The number of ether oxygens (including phenoxy) is 2. The van der Waals surface area contributed by atoms with Crippen LogP contribution in [0.15, 0.2) is 36.4 Å². The summed E-state index contributed by atoms with van der Waals surface area (Å²) in [5.74, 6) is -0.740. The Hall–Kier alpha value is -3.47. The zero-order chi connectivity index (χ0) is 28.6. The van der Waals surface area contributed by atoms with Gasteiger partial charge in [-0.3, -0.25) is 9.59 Å². The van der Waals surface area contributed by atoms with Crippen LogP contribution < -0.4 is 25.0 Å². The standard InChI is InChI=1S/C29H35F3N4O4/c1-35-8-10-36(11-9-35)21-6-7-23(24(16-21)40-3)33-28(38)25-17-4-5-18(12-17)26(25)34-27(37)19-13-20(29(30,31)32)15-22(14-19)39-2/h6-7,13-18,25-26H,4-5,8-12H2,1-3H3,(H,33,38)(H,34,37)/t17-,18-,25+,26-/m0/s1. The van der Waals surface area contributed by atoms with E-state index >= 15 is 0 Å². The Morgan fingerprint density at radius 3 is 2.35 bits per heavy atom. The molecule has 2 N–H and O–H groups in total. The number of carbonyl (C=O) groups is 2. The number of anilines is 2. The van der Waals surface area contributed by atoms with Crippen molar-refractivity contribution in [2.45, 2.75) is 31.5 Å². The van der Waals surface area contributed by atoms with Gasteiger partial charge < -0.3 is 29.9 Å². The van der Waals surface area contributed by atoms with Crippen molar-refractivity contribution < 1.29 is 32.2 Å². The van der Waals surface area contributed by atoms with Crippen LogP contribution in [0.3, 0.4) is 0 Å². The fourth-order valence-electron chi connectivity index (χ4n) is 6.38. The second-order valence-electron chi connectivity index (χ2n) is 11.0. The van der Waals surface area contributed by atoms with Crippen LogP contribution in [0, 0.1) is 17.8 Å². The lowest BCUT2D eigenvalue weighted by Gasteiger charge is -2.34. The lowest BCUT2D eigenvalue weighted by Crippen LogP contribution is -2.48. The van der Waals surface area contributed by atoms with Gasteiger partial charge in [0.1, 0.15) is 11.5 Å². The summed E-state index contributed by atoms with van der Waals surface area (Å²) in [6.07, 6.45) is -2.12. The van der Waals surface area contributed by atoms with Crippen LogP contribution in [0.2, 0.25) is 0 Å². The van der Waals surface area contributed by atoms with Gasteiger partial charge in [-0.05, 0) is 68.5 Å². The molecule has 1 aliphatic heterocycles. The number of methoxy groups -OCH3 is 2. The Morgan fingerprint density at radius 2 is 1.68 bits per heavy atom. The highest BCUT2D eigenvalue weighted by atomic mass is 19.4. The highest BCUT2D eigenvalue weighted by Crippen LogP contribution is 2.49. The monoisotopic (exact) mass is 560 g/mol. The minimum absolute atomic E-state index is 0.0608. The number of piperazine rings is 1. The van der Waals surface area contributed by atoms with Gasteiger partial charge in [-0.25, -0.2) is 0 Å². The fraction of sp³-hybridized carbons (Fsp3) is 0.517. The highest BCUT2D eigenvalue weighted by molar-refractivity contribution is 5.98. The normalized spacial score (nSPS) is 24.6. The van der Waals surface area contributed by atoms with E-state index in [0.717, 1.165) is 63.3 Å². The molecule has 2 aromatic rings. The molecule has 2 aliphatic carbocycles. The molecule has 0 radical (unpaired) electrons. The van der Waals surface area contributed by atoms with Gasteiger partial charge in [-0.1, -0.05) is 0 Å². The lowest BCUT2D eigenvalue weighted by atomic mass is 9.83. The van der Waals surface area contributed by atoms with E-state index in [1.807, 2.05) is 18.2 Å². The molecule has 5 rings (SSSR count). The molecule has 2 bridgehead atoms. The summed E-state index contributed by atoms with van der Waals surface area (Å²) in [6.45, 7) is 3.72. The molecule has 2 amide bonds. The molecule has 2 aromatic carbocycles. The maximum Gasteiger partial charge on any atom is 0.416 e. The van der Waals surface area contributed by atoms with E-state index in [4.69, 9.17) is 9.47 Å². The first-order valence-corrected chi connectivity index (χ1v) is 13.6. The predicted molar refractivity (Wildman–Crippen MR) is 145 cm³/mol. The molecule has 1 saturated heterocycles. The first-order chi connectivity index (χ1) is 19.1. The van der Waals surface area contributed by atoms with Gasteiger partial charge in [0.25, 0.3) is 5.91 Å². The van der Waals surface area contributed by atoms with E-state index in [1.54, 1.807) is 7.11 Å². The average molecular weight is 561 g/mol. The zero-order valence-corrected chi connectivity index (χ0v) is 22.9. The van der Waals surface area contributed by atoms with Crippen molar-refractivity contribution in [1.82, 2.24) is 10.2 Å². The van der Waals surface area contributed by atoms with Crippen LogP contribution in [0.25, 0.3) is 0 Å². The average Bonchev–Trinajstić information content (AvgIpc) is 3.55. The summed E-state index contributed by atoms with van der Waals surface area (Å²) in [4.78, 5) is 31.3. The van der Waals surface area contributed by atoms with E-state index in [9.17, 15) is 22.8 Å². The second kappa shape index (κ2) is 11.2. The number of nitrogens with one attached hydrogen (secondary N) is 2. The largest absolute Gasteiger partial charge is 0.497 e. The molecule has 1 heterocycles. The highest BCUT2D eigenvalue weighted by Gasteiger charge is 2.51. The van der Waals surface area contributed by atoms with Crippen molar-refractivity contribution >= 4 is 23.2 Å². The van der Waals surface area contributed by atoms with Gasteiger partial charge in [-0.2, -0.15) is 13.2 Å². The molecule has 0 unspecified atom stereocenters. The molecule has 216 valence electrons. The van der Waals surface area contributed by atoms with E-state index in [0.29, 0.717) is 11.4 Å². The van der Waals surface area contributed by atoms with Gasteiger partial charge in [0.2, 0.25) is 5.91 Å². The molecule has 0 spiro atoms. The molecule has 3 aliphatic rings. The smallest absolute Gasteiger partial charge is 0.416 e. The Bertz CT molecular complexity index is 1260. The maximum atomic E-state index is 13.6. The van der Waals surface area contributed by atoms with Crippen molar-refractivity contribution in [2.24, 2.45) is 17.8 Å². The van der Waals surface area contributed by atoms with Crippen LogP contribution in [-0.2, 0) is 11.0 Å². The number of rotatable bonds is 7. The Morgan fingerprint density at radius 1 is 0.950 bits per heavy atom. The topological polar surface area (TPSA) is 83.1 Å². The number of amides is 2. The first-order valence-electron chi connectivity index (χ1n) is 13.6. The minimum atomic E-state index is -4.63. The molecular formula is C29H35F3N4O4. The van der Waals surface area contributed by atoms with Crippen LogP contribution in [0.5, 0.6) is 11.5 Å². The van der Waals surface area contributed by atoms with Crippen LogP contribution in [0.4, 0.5) is 24.5 Å². The van der Waals surface area contributed by atoms with E-state index < -0.39 is 29.6 Å². The van der Waals surface area contributed by atoms with Gasteiger partial charge in [0.05, 0.1) is 31.4 Å². The number of carbonyl (C=O) groups excluding carboxylic acids is 2. The molecule has 40 heavy (non-hydrogen) atoms. The third-order valence-electron chi connectivity index (χ3n) is 8.56. The summed E-state index contributed by atoms with van der Waals surface area (Å²) >= 11 is 0. The number of benzene rings is 2. The summed E-state index contributed by atoms with van der Waals surface area (Å²) in [5.41, 5.74) is 0.437. The number of hydrogen-bond acceptors (Lipinski definition) is 6. The fourth-order valence-corrected chi connectivity index (χ4v) is 6.38. The molecule has 4 atom stereocenters. The Labute approximate surface area is 231 Å². The van der Waals surface area contributed by atoms with E-state index in [2.05, 4.69) is 27.5 Å². The number of nitrogens with zero attached hydrogens (tertiary/aromatic N) is 2. The molecule has 2 saturated carbocycles. The lowest BCUT2D eigenvalue weighted by molar-refractivity contribution is -0.137. The second-order valence-corrected chi connectivity index (χ2v) is 11.0. The van der Waals surface area contributed by atoms with Gasteiger partial charge in [-0.15, -0.1) is 0 Å². The molecule has 8 nitrogen and oxygen atoms in total. The summed E-state index contributed by atoms with van der Waals surface area (Å²) in [6, 6.07) is 8.18. The Kier molecular flexibility index (Phi) is 7.85. The van der Waals surface area contributed by atoms with Crippen LogP contribution in [-0.4, -0.2) is 70.2 Å². The van der Waals surface area contributed by atoms with Crippen molar-refractivity contribution in [1.29, 1.82) is 0 Å². The van der Waals surface area contributed by atoms with Crippen LogP contribution in [0.1, 0.15) is 35.2 Å². The number of halogens is 3. The molecule has 3 fully saturated rings. The molecule has 0 aromatic heterocycles. The molecule has 11 heteroatoms. The summed E-state index contributed by atoms with van der Waals surface area (Å²) in [7, 11) is 4.90. The van der Waals surface area contributed by atoms with Gasteiger partial charge in [0, 0.05) is 49.5 Å². The minimum Gasteiger partial charge on any atom is -0.497 e. The van der Waals surface area contributed by atoms with Gasteiger partial charge in [0.15, 0.2) is 0 Å². The van der Waals surface area contributed by atoms with Gasteiger partial charge >= 0.3 is 6.18 Å². The third-order valence-corrected chi connectivity index (χ3v) is 8.56. The summed E-state index contributed by atoms with van der Waals surface area (Å²) < 4.78 is 50.8. The Balaban J connectivity index is 1.32.